The zero-order valence-electron chi connectivity index (χ0n) is 10.7. The number of rotatable bonds is 3. The number of hydrogen-bond acceptors (Lipinski definition) is 4. The van der Waals surface area contributed by atoms with Crippen molar-refractivity contribution in [3.05, 3.63) is 0 Å². The van der Waals surface area contributed by atoms with Crippen molar-refractivity contribution >= 4 is 11.9 Å². The molecule has 4 bridgehead atoms. The minimum atomic E-state index is -1.25. The summed E-state index contributed by atoms with van der Waals surface area (Å²) in [4.78, 5) is 23.2. The van der Waals surface area contributed by atoms with Gasteiger partial charge in [-0.3, -0.25) is 4.79 Å². The van der Waals surface area contributed by atoms with E-state index in [1.54, 1.807) is 0 Å². The Balaban J connectivity index is 1.93. The third-order valence-electron chi connectivity index (χ3n) is 5.37. The Labute approximate surface area is 107 Å². The summed E-state index contributed by atoms with van der Waals surface area (Å²) >= 11 is 0. The van der Waals surface area contributed by atoms with E-state index in [1.807, 2.05) is 0 Å². The van der Waals surface area contributed by atoms with Crippen LogP contribution in [0.5, 0.6) is 0 Å². The van der Waals surface area contributed by atoms with Gasteiger partial charge < -0.3 is 14.6 Å². The Morgan fingerprint density at radius 3 is 1.89 bits per heavy atom. The van der Waals surface area contributed by atoms with Crippen molar-refractivity contribution in [1.82, 2.24) is 0 Å². The van der Waals surface area contributed by atoms with E-state index in [4.69, 9.17) is 4.74 Å². The number of aliphatic carboxylic acids is 1. The van der Waals surface area contributed by atoms with E-state index >= 15 is 0 Å². The number of carbonyl (C=O) groups is 2. The molecule has 4 heteroatoms. The molecule has 0 radical (unpaired) electrons. The zero-order valence-corrected chi connectivity index (χ0v) is 10.7. The van der Waals surface area contributed by atoms with Crippen LogP contribution in [0, 0.1) is 29.1 Å². The molecule has 4 rings (SSSR count). The summed E-state index contributed by atoms with van der Waals surface area (Å²) in [5.41, 5.74) is -0.374. The number of carbonyl (C=O) groups excluding carboxylic acids is 2. The van der Waals surface area contributed by atoms with E-state index < -0.39 is 17.9 Å². The Morgan fingerprint density at radius 2 is 1.56 bits per heavy atom. The number of ether oxygens (including phenoxy) is 1. The Bertz CT molecular complexity index is 352. The molecule has 0 unspecified atom stereocenters. The smallest absolute Gasteiger partial charge is 0.314 e. The topological polar surface area (TPSA) is 66.4 Å². The quantitative estimate of drug-likeness (QED) is 0.548. The molecule has 4 aliphatic carbocycles. The molecule has 4 aliphatic rings. The molecule has 0 N–H and O–H groups in total. The van der Waals surface area contributed by atoms with Crippen LogP contribution in [0.1, 0.15) is 38.5 Å². The molecule has 100 valence electrons. The summed E-state index contributed by atoms with van der Waals surface area (Å²) in [6.45, 7) is 0. The second-order valence-corrected chi connectivity index (χ2v) is 6.56. The summed E-state index contributed by atoms with van der Waals surface area (Å²) in [6.07, 6.45) is 6.27. The average molecular weight is 251 g/mol. The molecule has 18 heavy (non-hydrogen) atoms. The first kappa shape index (κ1) is 12.0. The molecule has 4 nitrogen and oxygen atoms in total. The van der Waals surface area contributed by atoms with E-state index in [0.29, 0.717) is 17.8 Å². The van der Waals surface area contributed by atoms with Crippen LogP contribution < -0.4 is 5.11 Å². The number of carboxylic acids is 1. The molecule has 4 fully saturated rings. The molecule has 0 aromatic rings. The maximum absolute atomic E-state index is 11.8. The third-order valence-corrected chi connectivity index (χ3v) is 5.37. The van der Waals surface area contributed by atoms with Crippen LogP contribution in [0.15, 0.2) is 0 Å². The van der Waals surface area contributed by atoms with Gasteiger partial charge >= 0.3 is 5.97 Å². The molecular weight excluding hydrogens is 232 g/mol. The van der Waals surface area contributed by atoms with Gasteiger partial charge in [-0.05, 0) is 61.7 Å². The van der Waals surface area contributed by atoms with E-state index in [9.17, 15) is 14.7 Å². The summed E-state index contributed by atoms with van der Waals surface area (Å²) in [5, 5.41) is 11.4. The molecule has 0 heterocycles. The standard InChI is InChI=1S/C14H20O4/c1-18-13(17)11(12(15)16)14-5-8-2-9(6-14)4-10(3-8)7-14/h8-11H,2-7H2,1H3,(H,15,16)/p-1/t8?,9?,10?,11-,14?/m1/s1. The van der Waals surface area contributed by atoms with Crippen LogP contribution in [0.4, 0.5) is 0 Å². The number of hydrogen-bond donors (Lipinski definition) is 0. The molecular formula is C14H19O4-. The second kappa shape index (κ2) is 3.97. The van der Waals surface area contributed by atoms with E-state index in [0.717, 1.165) is 19.3 Å². The Kier molecular flexibility index (Phi) is 2.65. The van der Waals surface area contributed by atoms with Gasteiger partial charge in [0.15, 0.2) is 0 Å². The highest BCUT2D eigenvalue weighted by atomic mass is 16.5. The highest BCUT2D eigenvalue weighted by Crippen LogP contribution is 2.62. The fourth-order valence-electron chi connectivity index (χ4n) is 5.25. The largest absolute Gasteiger partial charge is 0.549 e. The van der Waals surface area contributed by atoms with Gasteiger partial charge in [0.2, 0.25) is 0 Å². The van der Waals surface area contributed by atoms with Crippen LogP contribution in [0.25, 0.3) is 0 Å². The first-order valence-electron chi connectivity index (χ1n) is 6.83. The van der Waals surface area contributed by atoms with Gasteiger partial charge in [-0.25, -0.2) is 0 Å². The van der Waals surface area contributed by atoms with Crippen molar-refractivity contribution in [1.29, 1.82) is 0 Å². The first-order valence-corrected chi connectivity index (χ1v) is 6.83. The van der Waals surface area contributed by atoms with Crippen molar-refractivity contribution in [2.24, 2.45) is 29.1 Å². The van der Waals surface area contributed by atoms with Crippen molar-refractivity contribution in [2.75, 3.05) is 7.11 Å². The minimum absolute atomic E-state index is 0.374. The lowest BCUT2D eigenvalue weighted by Crippen LogP contribution is -2.56. The normalized spacial score (nSPS) is 42.6. The lowest BCUT2D eigenvalue weighted by Gasteiger charge is -2.58. The van der Waals surface area contributed by atoms with E-state index in [2.05, 4.69) is 0 Å². The molecule has 0 amide bonds. The van der Waals surface area contributed by atoms with Crippen molar-refractivity contribution in [2.45, 2.75) is 38.5 Å². The number of methoxy groups -OCH3 is 1. The third kappa shape index (κ3) is 1.65. The molecule has 0 aliphatic heterocycles. The molecule has 0 aromatic heterocycles. The SMILES string of the molecule is COC(=O)[C@@H](C(=O)[O-])C12CC3CC(CC(C3)C1)C2. The maximum Gasteiger partial charge on any atom is 0.314 e. The van der Waals surface area contributed by atoms with Crippen LogP contribution >= 0.6 is 0 Å². The lowest BCUT2D eigenvalue weighted by atomic mass is 9.46. The van der Waals surface area contributed by atoms with E-state index in [1.165, 1.54) is 26.4 Å². The predicted octanol–water partition coefficient (Wildman–Crippen LogP) is 0.742. The number of carboxylic acid groups (broad SMARTS) is 1. The average Bonchev–Trinajstić information content (AvgIpc) is 2.25. The Hall–Kier alpha value is -1.06. The maximum atomic E-state index is 11.8. The van der Waals surface area contributed by atoms with Gasteiger partial charge in [0, 0.05) is 0 Å². The molecule has 0 aromatic carbocycles. The van der Waals surface area contributed by atoms with Crippen LogP contribution in [-0.2, 0) is 14.3 Å². The highest BCUT2D eigenvalue weighted by molar-refractivity contribution is 5.94. The fourth-order valence-corrected chi connectivity index (χ4v) is 5.25. The van der Waals surface area contributed by atoms with Crippen molar-refractivity contribution in [3.63, 3.8) is 0 Å². The zero-order chi connectivity index (χ0) is 12.9. The molecule has 4 saturated carbocycles. The molecule has 0 saturated heterocycles. The Morgan fingerprint density at radius 1 is 1.11 bits per heavy atom. The summed E-state index contributed by atoms with van der Waals surface area (Å²) in [6, 6.07) is 0. The van der Waals surface area contributed by atoms with Gasteiger partial charge in [-0.1, -0.05) is 0 Å². The second-order valence-electron chi connectivity index (χ2n) is 6.56. The lowest BCUT2D eigenvalue weighted by molar-refractivity contribution is -0.317. The molecule has 1 atom stereocenters. The summed E-state index contributed by atoms with van der Waals surface area (Å²) < 4.78 is 4.70. The van der Waals surface area contributed by atoms with Gasteiger partial charge in [0.1, 0.15) is 5.92 Å². The van der Waals surface area contributed by atoms with Gasteiger partial charge in [-0.2, -0.15) is 0 Å². The monoisotopic (exact) mass is 251 g/mol. The fraction of sp³-hybridized carbons (Fsp3) is 0.857. The summed E-state index contributed by atoms with van der Waals surface area (Å²) in [7, 11) is 1.26. The van der Waals surface area contributed by atoms with Crippen LogP contribution in [0.2, 0.25) is 0 Å². The first-order chi connectivity index (χ1) is 8.54. The number of esters is 1. The van der Waals surface area contributed by atoms with Crippen molar-refractivity contribution in [3.8, 4) is 0 Å². The summed E-state index contributed by atoms with van der Waals surface area (Å²) in [5.74, 6) is -1.08. The predicted molar refractivity (Wildman–Crippen MR) is 61.1 cm³/mol. The van der Waals surface area contributed by atoms with E-state index in [-0.39, 0.29) is 5.41 Å². The van der Waals surface area contributed by atoms with Crippen LogP contribution in [-0.4, -0.2) is 19.0 Å². The van der Waals surface area contributed by atoms with Gasteiger partial charge in [0.05, 0.1) is 13.1 Å². The van der Waals surface area contributed by atoms with Crippen LogP contribution in [0.3, 0.4) is 0 Å². The van der Waals surface area contributed by atoms with Crippen molar-refractivity contribution < 1.29 is 19.4 Å². The van der Waals surface area contributed by atoms with Gasteiger partial charge in [0.25, 0.3) is 0 Å². The van der Waals surface area contributed by atoms with Gasteiger partial charge in [-0.15, -0.1) is 0 Å². The highest BCUT2D eigenvalue weighted by Gasteiger charge is 2.56. The minimum Gasteiger partial charge on any atom is -0.549 e. The molecule has 0 spiro atoms.